The highest BCUT2D eigenvalue weighted by atomic mass is 35.5. The van der Waals surface area contributed by atoms with Gasteiger partial charge < -0.3 is 9.80 Å². The fourth-order valence-corrected chi connectivity index (χ4v) is 4.38. The van der Waals surface area contributed by atoms with Crippen LogP contribution < -0.4 is 4.90 Å². The number of nitrogens with zero attached hydrogens (tertiary/aromatic N) is 3. The van der Waals surface area contributed by atoms with E-state index in [1.807, 2.05) is 9.80 Å². The molecule has 8 heteroatoms. The standard InChI is InChI=1S/C20H22ClN3O3S/c1-14-3-6-19(15(2)11-14)28-13-20(25)23-9-7-22(8-10-23)17-5-4-16(21)12-18(17)24(26)27/h3-6,11-12H,7-10,13H2,1-2H3. The van der Waals surface area contributed by atoms with Gasteiger partial charge in [0.15, 0.2) is 0 Å². The van der Waals surface area contributed by atoms with E-state index in [1.165, 1.54) is 17.2 Å². The van der Waals surface area contributed by atoms with E-state index in [0.29, 0.717) is 42.6 Å². The molecular formula is C20H22ClN3O3S. The van der Waals surface area contributed by atoms with Gasteiger partial charge in [-0.05, 0) is 37.6 Å². The molecule has 0 aliphatic carbocycles. The van der Waals surface area contributed by atoms with Crippen LogP contribution in [-0.2, 0) is 4.79 Å². The van der Waals surface area contributed by atoms with Gasteiger partial charge in [-0.1, -0.05) is 29.3 Å². The number of rotatable bonds is 5. The molecule has 0 N–H and O–H groups in total. The molecule has 3 rings (SSSR count). The molecule has 6 nitrogen and oxygen atoms in total. The third-order valence-corrected chi connectivity index (χ3v) is 6.18. The molecule has 1 heterocycles. The summed E-state index contributed by atoms with van der Waals surface area (Å²) in [5.74, 6) is 0.487. The van der Waals surface area contributed by atoms with E-state index in [4.69, 9.17) is 11.6 Å². The topological polar surface area (TPSA) is 66.7 Å². The average molecular weight is 420 g/mol. The SMILES string of the molecule is Cc1ccc(SCC(=O)N2CCN(c3ccc(Cl)cc3[N+](=O)[O-])CC2)c(C)c1. The van der Waals surface area contributed by atoms with E-state index in [2.05, 4.69) is 32.0 Å². The van der Waals surface area contributed by atoms with Crippen molar-refractivity contribution in [3.63, 3.8) is 0 Å². The molecule has 0 unspecified atom stereocenters. The first-order valence-electron chi connectivity index (χ1n) is 9.02. The minimum absolute atomic E-state index is 0.00215. The van der Waals surface area contributed by atoms with Crippen molar-refractivity contribution in [2.45, 2.75) is 18.7 Å². The lowest BCUT2D eigenvalue weighted by Crippen LogP contribution is -2.49. The predicted octanol–water partition coefficient (Wildman–Crippen LogP) is 4.31. The fourth-order valence-electron chi connectivity index (χ4n) is 3.30. The number of benzene rings is 2. The molecule has 0 atom stereocenters. The summed E-state index contributed by atoms with van der Waals surface area (Å²) in [5.41, 5.74) is 2.93. The summed E-state index contributed by atoms with van der Waals surface area (Å²) in [7, 11) is 0. The summed E-state index contributed by atoms with van der Waals surface area (Å²) in [6, 6.07) is 10.9. The van der Waals surface area contributed by atoms with E-state index < -0.39 is 4.92 Å². The molecule has 1 saturated heterocycles. The number of anilines is 1. The molecular weight excluding hydrogens is 398 g/mol. The van der Waals surface area contributed by atoms with E-state index in [-0.39, 0.29) is 11.6 Å². The van der Waals surface area contributed by atoms with Gasteiger partial charge in [0.1, 0.15) is 5.69 Å². The van der Waals surface area contributed by atoms with Crippen LogP contribution in [0.15, 0.2) is 41.3 Å². The number of carbonyl (C=O) groups is 1. The summed E-state index contributed by atoms with van der Waals surface area (Å²) >= 11 is 7.45. The van der Waals surface area contributed by atoms with Crippen LogP contribution in [-0.4, -0.2) is 47.7 Å². The van der Waals surface area contributed by atoms with Crippen molar-refractivity contribution in [1.82, 2.24) is 4.90 Å². The Morgan fingerprint density at radius 2 is 1.86 bits per heavy atom. The molecule has 2 aromatic rings. The Bertz CT molecular complexity index is 898. The highest BCUT2D eigenvalue weighted by molar-refractivity contribution is 8.00. The summed E-state index contributed by atoms with van der Waals surface area (Å²) in [5, 5.41) is 11.7. The summed E-state index contributed by atoms with van der Waals surface area (Å²) < 4.78 is 0. The largest absolute Gasteiger partial charge is 0.362 e. The minimum atomic E-state index is -0.417. The van der Waals surface area contributed by atoms with Crippen LogP contribution in [0.2, 0.25) is 5.02 Å². The van der Waals surface area contributed by atoms with Gasteiger partial charge in [0.2, 0.25) is 5.91 Å². The lowest BCUT2D eigenvalue weighted by atomic mass is 10.2. The minimum Gasteiger partial charge on any atom is -0.362 e. The van der Waals surface area contributed by atoms with Crippen molar-refractivity contribution in [2.75, 3.05) is 36.8 Å². The van der Waals surface area contributed by atoms with Crippen molar-refractivity contribution in [2.24, 2.45) is 0 Å². The van der Waals surface area contributed by atoms with Gasteiger partial charge in [-0.3, -0.25) is 14.9 Å². The highest BCUT2D eigenvalue weighted by Gasteiger charge is 2.26. The van der Waals surface area contributed by atoms with Crippen LogP contribution >= 0.6 is 23.4 Å². The maximum Gasteiger partial charge on any atom is 0.294 e. The van der Waals surface area contributed by atoms with Crippen LogP contribution in [0.4, 0.5) is 11.4 Å². The molecule has 1 aliphatic rings. The van der Waals surface area contributed by atoms with Crippen LogP contribution in [0.1, 0.15) is 11.1 Å². The fraction of sp³-hybridized carbons (Fsp3) is 0.350. The van der Waals surface area contributed by atoms with Crippen molar-refractivity contribution in [1.29, 1.82) is 0 Å². The third kappa shape index (κ3) is 4.77. The highest BCUT2D eigenvalue weighted by Crippen LogP contribution is 2.32. The number of hydrogen-bond acceptors (Lipinski definition) is 5. The van der Waals surface area contributed by atoms with Crippen LogP contribution in [0.3, 0.4) is 0 Å². The molecule has 1 amide bonds. The van der Waals surface area contributed by atoms with E-state index >= 15 is 0 Å². The molecule has 0 aromatic heterocycles. The molecule has 148 valence electrons. The van der Waals surface area contributed by atoms with E-state index in [0.717, 1.165) is 4.90 Å². The first-order chi connectivity index (χ1) is 13.3. The van der Waals surface area contributed by atoms with Crippen molar-refractivity contribution >= 4 is 40.6 Å². The Kier molecular flexibility index (Phi) is 6.46. The Morgan fingerprint density at radius 1 is 1.14 bits per heavy atom. The molecule has 2 aromatic carbocycles. The monoisotopic (exact) mass is 419 g/mol. The van der Waals surface area contributed by atoms with E-state index in [9.17, 15) is 14.9 Å². The van der Waals surface area contributed by atoms with Gasteiger partial charge in [0.05, 0.1) is 10.7 Å². The number of amides is 1. The van der Waals surface area contributed by atoms with Crippen LogP contribution in [0, 0.1) is 24.0 Å². The van der Waals surface area contributed by atoms with Crippen LogP contribution in [0.25, 0.3) is 0 Å². The number of nitro groups is 1. The second-order valence-corrected chi connectivity index (χ2v) is 8.27. The smallest absolute Gasteiger partial charge is 0.294 e. The zero-order valence-electron chi connectivity index (χ0n) is 15.9. The van der Waals surface area contributed by atoms with Gasteiger partial charge in [-0.15, -0.1) is 11.8 Å². The van der Waals surface area contributed by atoms with Gasteiger partial charge in [0, 0.05) is 42.2 Å². The first-order valence-corrected chi connectivity index (χ1v) is 10.4. The third-order valence-electron chi connectivity index (χ3n) is 4.79. The van der Waals surface area contributed by atoms with Gasteiger partial charge in [0.25, 0.3) is 5.69 Å². The Balaban J connectivity index is 1.58. The molecule has 1 aliphatic heterocycles. The molecule has 0 bridgehead atoms. The van der Waals surface area contributed by atoms with E-state index in [1.54, 1.807) is 23.9 Å². The first kappa shape index (κ1) is 20.5. The zero-order chi connectivity index (χ0) is 20.3. The van der Waals surface area contributed by atoms with Gasteiger partial charge >= 0.3 is 0 Å². The summed E-state index contributed by atoms with van der Waals surface area (Å²) in [6.07, 6.45) is 0. The van der Waals surface area contributed by atoms with Crippen molar-refractivity contribution in [3.05, 3.63) is 62.7 Å². The molecule has 1 fully saturated rings. The maximum absolute atomic E-state index is 12.6. The Hall–Kier alpha value is -2.25. The number of halogens is 1. The van der Waals surface area contributed by atoms with Crippen molar-refractivity contribution in [3.8, 4) is 0 Å². The zero-order valence-corrected chi connectivity index (χ0v) is 17.4. The Morgan fingerprint density at radius 3 is 2.50 bits per heavy atom. The number of carbonyl (C=O) groups excluding carboxylic acids is 1. The number of piperazine rings is 1. The maximum atomic E-state index is 12.6. The Labute approximate surface area is 173 Å². The quantitative estimate of drug-likeness (QED) is 0.410. The van der Waals surface area contributed by atoms with Crippen LogP contribution in [0.5, 0.6) is 0 Å². The summed E-state index contributed by atoms with van der Waals surface area (Å²) in [6.45, 7) is 6.32. The number of nitro benzene ring substituents is 1. The molecule has 28 heavy (non-hydrogen) atoms. The van der Waals surface area contributed by atoms with Gasteiger partial charge in [-0.25, -0.2) is 0 Å². The second kappa shape index (κ2) is 8.84. The number of aryl methyl sites for hydroxylation is 2. The molecule has 0 spiro atoms. The van der Waals surface area contributed by atoms with Gasteiger partial charge in [-0.2, -0.15) is 0 Å². The second-order valence-electron chi connectivity index (χ2n) is 6.82. The number of thioether (sulfide) groups is 1. The van der Waals surface area contributed by atoms with Crippen molar-refractivity contribution < 1.29 is 9.72 Å². The molecule has 0 saturated carbocycles. The lowest BCUT2D eigenvalue weighted by Gasteiger charge is -2.35. The lowest BCUT2D eigenvalue weighted by molar-refractivity contribution is -0.384. The normalized spacial score (nSPS) is 14.2. The number of hydrogen-bond donors (Lipinski definition) is 0. The summed E-state index contributed by atoms with van der Waals surface area (Å²) in [4.78, 5) is 28.4. The average Bonchev–Trinajstić information content (AvgIpc) is 2.67. The predicted molar refractivity (Wildman–Crippen MR) is 114 cm³/mol. The molecule has 0 radical (unpaired) electrons.